The maximum atomic E-state index is 3.66. The third kappa shape index (κ3) is 4.52. The van der Waals surface area contributed by atoms with Crippen LogP contribution in [0.1, 0.15) is 47.0 Å². The minimum Gasteiger partial charge on any atom is -0.317 e. The molecular formula is C13H28N2. The molecule has 0 saturated carbocycles. The van der Waals surface area contributed by atoms with Crippen molar-refractivity contribution in [2.24, 2.45) is 10.8 Å². The molecule has 2 heteroatoms. The Hall–Kier alpha value is -0.0800. The van der Waals surface area contributed by atoms with Crippen LogP contribution in [0.15, 0.2) is 0 Å². The van der Waals surface area contributed by atoms with E-state index in [1.807, 2.05) is 0 Å². The van der Waals surface area contributed by atoms with Crippen LogP contribution >= 0.6 is 0 Å². The fourth-order valence-electron chi connectivity index (χ4n) is 2.32. The summed E-state index contributed by atoms with van der Waals surface area (Å²) in [5, 5.41) is 7.11. The molecule has 0 bridgehead atoms. The van der Waals surface area contributed by atoms with Gasteiger partial charge in [0.25, 0.3) is 0 Å². The van der Waals surface area contributed by atoms with Crippen LogP contribution in [0.3, 0.4) is 0 Å². The van der Waals surface area contributed by atoms with E-state index >= 15 is 0 Å². The molecule has 1 rings (SSSR count). The molecule has 1 aliphatic rings. The molecule has 90 valence electrons. The van der Waals surface area contributed by atoms with E-state index in [2.05, 4.69) is 38.3 Å². The van der Waals surface area contributed by atoms with Crippen molar-refractivity contribution in [3.8, 4) is 0 Å². The standard InChI is InChI=1S/C13H28N2/c1-5-13(6-8-14-9-7-13)11-15-10-12(2,3)4/h14-15H,5-11H2,1-4H3. The second kappa shape index (κ2) is 5.31. The van der Waals surface area contributed by atoms with Crippen LogP contribution in [0.25, 0.3) is 0 Å². The van der Waals surface area contributed by atoms with Crippen molar-refractivity contribution in [3.05, 3.63) is 0 Å². The maximum Gasteiger partial charge on any atom is 0.000888 e. The van der Waals surface area contributed by atoms with Crippen LogP contribution in [-0.2, 0) is 0 Å². The maximum absolute atomic E-state index is 3.66. The lowest BCUT2D eigenvalue weighted by molar-refractivity contribution is 0.179. The van der Waals surface area contributed by atoms with Gasteiger partial charge in [0, 0.05) is 13.1 Å². The molecule has 0 aromatic rings. The summed E-state index contributed by atoms with van der Waals surface area (Å²) in [6.07, 6.45) is 3.98. The Morgan fingerprint density at radius 3 is 2.27 bits per heavy atom. The molecule has 15 heavy (non-hydrogen) atoms. The van der Waals surface area contributed by atoms with Crippen LogP contribution in [-0.4, -0.2) is 26.2 Å². The van der Waals surface area contributed by atoms with Crippen molar-refractivity contribution >= 4 is 0 Å². The summed E-state index contributed by atoms with van der Waals surface area (Å²) < 4.78 is 0. The van der Waals surface area contributed by atoms with Crippen LogP contribution in [0.4, 0.5) is 0 Å². The highest BCUT2D eigenvalue weighted by Gasteiger charge is 2.29. The van der Waals surface area contributed by atoms with Crippen LogP contribution in [0.2, 0.25) is 0 Å². The van der Waals surface area contributed by atoms with Gasteiger partial charge in [0.2, 0.25) is 0 Å². The first kappa shape index (κ1) is 13.0. The molecule has 0 unspecified atom stereocenters. The molecule has 0 aromatic heterocycles. The molecule has 2 N–H and O–H groups in total. The zero-order valence-electron chi connectivity index (χ0n) is 10.9. The van der Waals surface area contributed by atoms with Crippen molar-refractivity contribution in [1.29, 1.82) is 0 Å². The predicted molar refractivity (Wildman–Crippen MR) is 67.2 cm³/mol. The van der Waals surface area contributed by atoms with Gasteiger partial charge in [0.15, 0.2) is 0 Å². The summed E-state index contributed by atoms with van der Waals surface area (Å²) in [6.45, 7) is 13.9. The summed E-state index contributed by atoms with van der Waals surface area (Å²) >= 11 is 0. The molecule has 0 radical (unpaired) electrons. The minimum absolute atomic E-state index is 0.405. The summed E-state index contributed by atoms with van der Waals surface area (Å²) in [7, 11) is 0. The van der Waals surface area contributed by atoms with Gasteiger partial charge in [-0.3, -0.25) is 0 Å². The Bertz CT molecular complexity index is 175. The molecule has 0 aliphatic carbocycles. The van der Waals surface area contributed by atoms with Crippen molar-refractivity contribution in [2.45, 2.75) is 47.0 Å². The van der Waals surface area contributed by atoms with Gasteiger partial charge in [-0.15, -0.1) is 0 Å². The average Bonchev–Trinajstić information content (AvgIpc) is 2.17. The summed E-state index contributed by atoms with van der Waals surface area (Å²) in [6, 6.07) is 0. The first-order chi connectivity index (χ1) is 6.97. The summed E-state index contributed by atoms with van der Waals surface area (Å²) in [5.74, 6) is 0. The molecular weight excluding hydrogens is 184 g/mol. The summed E-state index contributed by atoms with van der Waals surface area (Å²) in [4.78, 5) is 0. The lowest BCUT2D eigenvalue weighted by atomic mass is 9.76. The smallest absolute Gasteiger partial charge is 0.000888 e. The Balaban J connectivity index is 2.33. The highest BCUT2D eigenvalue weighted by atomic mass is 14.9. The molecule has 2 nitrogen and oxygen atoms in total. The van der Waals surface area contributed by atoms with E-state index < -0.39 is 0 Å². The van der Waals surface area contributed by atoms with E-state index in [0.29, 0.717) is 10.8 Å². The minimum atomic E-state index is 0.405. The van der Waals surface area contributed by atoms with E-state index in [1.165, 1.54) is 38.9 Å². The van der Waals surface area contributed by atoms with Gasteiger partial charge in [-0.25, -0.2) is 0 Å². The number of rotatable bonds is 4. The summed E-state index contributed by atoms with van der Waals surface area (Å²) in [5.41, 5.74) is 0.971. The van der Waals surface area contributed by atoms with E-state index in [-0.39, 0.29) is 0 Å². The Morgan fingerprint density at radius 2 is 1.80 bits per heavy atom. The fourth-order valence-corrected chi connectivity index (χ4v) is 2.32. The Labute approximate surface area is 95.2 Å². The van der Waals surface area contributed by atoms with Crippen molar-refractivity contribution < 1.29 is 0 Å². The van der Waals surface area contributed by atoms with Gasteiger partial charge in [-0.2, -0.15) is 0 Å². The lowest BCUT2D eigenvalue weighted by Gasteiger charge is -2.38. The zero-order valence-corrected chi connectivity index (χ0v) is 10.9. The monoisotopic (exact) mass is 212 g/mol. The fraction of sp³-hybridized carbons (Fsp3) is 1.00. The van der Waals surface area contributed by atoms with Gasteiger partial charge in [-0.05, 0) is 43.2 Å². The SMILES string of the molecule is CCC1(CNCC(C)(C)C)CCNCC1. The van der Waals surface area contributed by atoms with E-state index in [0.717, 1.165) is 6.54 Å². The first-order valence-corrected chi connectivity index (χ1v) is 6.39. The van der Waals surface area contributed by atoms with Crippen molar-refractivity contribution in [3.63, 3.8) is 0 Å². The first-order valence-electron chi connectivity index (χ1n) is 6.39. The van der Waals surface area contributed by atoms with Gasteiger partial charge >= 0.3 is 0 Å². The molecule has 1 aliphatic heterocycles. The molecule has 0 atom stereocenters. The molecule has 1 heterocycles. The largest absolute Gasteiger partial charge is 0.317 e. The van der Waals surface area contributed by atoms with Crippen LogP contribution in [0, 0.1) is 10.8 Å². The third-order valence-electron chi connectivity index (χ3n) is 3.57. The van der Waals surface area contributed by atoms with E-state index in [4.69, 9.17) is 0 Å². The predicted octanol–water partition coefficient (Wildman–Crippen LogP) is 2.40. The normalized spacial score (nSPS) is 21.6. The van der Waals surface area contributed by atoms with Gasteiger partial charge in [-0.1, -0.05) is 27.7 Å². The highest BCUT2D eigenvalue weighted by molar-refractivity contribution is 4.86. The van der Waals surface area contributed by atoms with E-state index in [1.54, 1.807) is 0 Å². The van der Waals surface area contributed by atoms with Crippen molar-refractivity contribution in [2.75, 3.05) is 26.2 Å². The average molecular weight is 212 g/mol. The lowest BCUT2D eigenvalue weighted by Crippen LogP contribution is -2.44. The van der Waals surface area contributed by atoms with Gasteiger partial charge < -0.3 is 10.6 Å². The molecule has 0 amide bonds. The highest BCUT2D eigenvalue weighted by Crippen LogP contribution is 2.31. The Kier molecular flexibility index (Phi) is 4.60. The van der Waals surface area contributed by atoms with Gasteiger partial charge in [0.05, 0.1) is 0 Å². The quantitative estimate of drug-likeness (QED) is 0.748. The second-order valence-electron chi connectivity index (χ2n) is 6.27. The number of hydrogen-bond acceptors (Lipinski definition) is 2. The van der Waals surface area contributed by atoms with Crippen LogP contribution < -0.4 is 10.6 Å². The van der Waals surface area contributed by atoms with E-state index in [9.17, 15) is 0 Å². The molecule has 0 spiro atoms. The molecule has 1 fully saturated rings. The molecule has 0 aromatic carbocycles. The van der Waals surface area contributed by atoms with Crippen LogP contribution in [0.5, 0.6) is 0 Å². The topological polar surface area (TPSA) is 24.1 Å². The number of hydrogen-bond donors (Lipinski definition) is 2. The van der Waals surface area contributed by atoms with Crippen molar-refractivity contribution in [1.82, 2.24) is 10.6 Å². The van der Waals surface area contributed by atoms with Gasteiger partial charge in [0.1, 0.15) is 0 Å². The number of piperidine rings is 1. The zero-order chi connectivity index (χ0) is 11.4. The number of nitrogens with one attached hydrogen (secondary N) is 2. The third-order valence-corrected chi connectivity index (χ3v) is 3.57. The molecule has 1 saturated heterocycles. The second-order valence-corrected chi connectivity index (χ2v) is 6.27. The Morgan fingerprint density at radius 1 is 1.20 bits per heavy atom.